The predicted octanol–water partition coefficient (Wildman–Crippen LogP) is 11.1. The molecule has 2 aromatic rings. The number of ether oxygens (including phenoxy) is 2. The first-order valence-electron chi connectivity index (χ1n) is 21.5. The number of benzene rings is 2. The van der Waals surface area contributed by atoms with Crippen LogP contribution in [0.15, 0.2) is 12.3 Å². The van der Waals surface area contributed by atoms with E-state index in [4.69, 9.17) is 9.47 Å². The van der Waals surface area contributed by atoms with Crippen molar-refractivity contribution in [2.45, 2.75) is 205 Å². The molecule has 2 aromatic carbocycles. The van der Waals surface area contributed by atoms with Crippen LogP contribution < -0.4 is 4.74 Å². The molecule has 0 radical (unpaired) electrons. The Morgan fingerprint density at radius 3 is 1.56 bits per heavy atom. The van der Waals surface area contributed by atoms with E-state index >= 15 is 4.79 Å². The fourth-order valence-electron chi connectivity index (χ4n) is 11.9. The molecule has 0 saturated carbocycles. The lowest BCUT2D eigenvalue weighted by Crippen LogP contribution is -2.75. The van der Waals surface area contributed by atoms with Crippen LogP contribution >= 0.6 is 0 Å². The van der Waals surface area contributed by atoms with Crippen molar-refractivity contribution in [2.24, 2.45) is 10.8 Å². The number of piperidine rings is 1. The zero-order valence-electron chi connectivity index (χ0n) is 41.6. The number of hydrogen-bond donors (Lipinski definition) is 0. The molecule has 59 heavy (non-hydrogen) atoms. The van der Waals surface area contributed by atoms with E-state index in [9.17, 15) is 9.59 Å². The third-order valence-corrected chi connectivity index (χ3v) is 17.0. The van der Waals surface area contributed by atoms with Gasteiger partial charge in [-0.2, -0.15) is 0 Å². The number of allylic oxidation sites excluding steroid dienone is 1. The summed E-state index contributed by atoms with van der Waals surface area (Å²) in [7, 11) is 1.78. The smallest absolute Gasteiger partial charge is 0.256 e. The number of hydrogen-bond acceptors (Lipinski definition) is 5. The van der Waals surface area contributed by atoms with Gasteiger partial charge in [-0.25, -0.2) is 0 Å². The average molecular weight is 812 g/mol. The predicted molar refractivity (Wildman–Crippen MR) is 240 cm³/mol. The third kappa shape index (κ3) is 5.65. The number of likely N-dealkylation sites (N-methyl/N-ethyl adjacent to an activating group) is 1. The van der Waals surface area contributed by atoms with Crippen LogP contribution in [0.3, 0.4) is 0 Å². The van der Waals surface area contributed by atoms with E-state index in [1.807, 2.05) is 32.6 Å². The van der Waals surface area contributed by atoms with Crippen LogP contribution in [0.5, 0.6) is 5.75 Å². The van der Waals surface area contributed by atoms with Crippen LogP contribution in [0.25, 0.3) is 0 Å². The maximum atomic E-state index is 15.3. The van der Waals surface area contributed by atoms with Crippen LogP contribution in [-0.2, 0) is 31.0 Å². The van der Waals surface area contributed by atoms with Gasteiger partial charge in [0.05, 0.1) is 27.8 Å². The van der Waals surface area contributed by atoms with Crippen LogP contribution in [0, 0.1) is 59.3 Å². The van der Waals surface area contributed by atoms with Gasteiger partial charge < -0.3 is 24.2 Å². The normalized spacial score (nSPS) is 24.5. The van der Waals surface area contributed by atoms with Gasteiger partial charge >= 0.3 is 0 Å². The number of likely N-dealkylation sites (tertiary alicyclic amines) is 1. The molecule has 2 fully saturated rings. The third-order valence-electron chi connectivity index (χ3n) is 17.0. The maximum Gasteiger partial charge on any atom is 0.256 e. The monoisotopic (exact) mass is 812 g/mol. The lowest BCUT2D eigenvalue weighted by atomic mass is 9.53. The number of fused-ring (bicyclic) bond motifs is 1. The molecule has 0 aliphatic carbocycles. The van der Waals surface area contributed by atoms with Crippen LogP contribution in [0.4, 0.5) is 0 Å². The molecule has 0 N–H and O–H groups in total. The fourth-order valence-corrected chi connectivity index (χ4v) is 11.9. The Labute approximate surface area is 357 Å². The van der Waals surface area contributed by atoms with Gasteiger partial charge in [-0.05, 0) is 183 Å². The second kappa shape index (κ2) is 12.9. The summed E-state index contributed by atoms with van der Waals surface area (Å²) in [5.41, 5.74) is 4.49. The van der Waals surface area contributed by atoms with Crippen molar-refractivity contribution < 1.29 is 23.9 Å². The molecular weight excluding hydrogens is 735 g/mol. The molecule has 8 nitrogen and oxygen atoms in total. The molecule has 326 valence electrons. The number of amides is 3. The number of nitrogens with zero attached hydrogens (tertiary/aromatic N) is 3. The summed E-state index contributed by atoms with van der Waals surface area (Å²) in [6.07, 6.45) is 0. The van der Waals surface area contributed by atoms with Crippen LogP contribution in [-0.4, -0.2) is 61.7 Å². The van der Waals surface area contributed by atoms with E-state index in [2.05, 4.69) is 150 Å². The Morgan fingerprint density at radius 1 is 0.627 bits per heavy atom. The second-order valence-corrected chi connectivity index (χ2v) is 22.5. The minimum atomic E-state index is -1.22. The van der Waals surface area contributed by atoms with Crippen molar-refractivity contribution in [3.63, 3.8) is 0 Å². The Kier molecular flexibility index (Phi) is 10.2. The molecule has 3 heterocycles. The minimum absolute atomic E-state index is 0.0359. The van der Waals surface area contributed by atoms with Gasteiger partial charge in [-0.1, -0.05) is 34.3 Å². The molecule has 0 bridgehead atoms. The molecule has 0 aromatic heterocycles. The van der Waals surface area contributed by atoms with E-state index < -0.39 is 49.8 Å². The van der Waals surface area contributed by atoms with E-state index in [1.54, 1.807) is 11.9 Å². The van der Waals surface area contributed by atoms with Crippen molar-refractivity contribution in [3.05, 3.63) is 73.5 Å². The maximum absolute atomic E-state index is 15.3. The molecule has 8 heteroatoms. The summed E-state index contributed by atoms with van der Waals surface area (Å²) in [5, 5.41) is 0. The SMILES string of the molecule is C=C1N(C)C(=O)[C@@](C)(N2C(=O)c3c(C)c(C)c(C)c(OC(C)(C)c4c(C)c(C)c(C(C)(C)N5C(=O)C(C)(C)OC(C)(C)C5(C)C)c(C)c4C)c3C2(C)C)C(C)(C)C1(C)C. The summed E-state index contributed by atoms with van der Waals surface area (Å²) in [6, 6.07) is 0. The van der Waals surface area contributed by atoms with Gasteiger partial charge in [0, 0.05) is 34.7 Å². The Morgan fingerprint density at radius 2 is 1.08 bits per heavy atom. The zero-order valence-corrected chi connectivity index (χ0v) is 41.6. The van der Waals surface area contributed by atoms with Gasteiger partial charge in [0.15, 0.2) is 0 Å². The standard InChI is InChI=1S/C51H77N3O5/c1-27-28(2)35-38(45(13,14)53(40(35)55)51(25)42(57)52(26)34(8)43(9,10)48(51,19)20)39(33(27)7)58-46(15,16)37-31(5)29(3)36(30(4)32(37)6)44(11,12)54-41(56)47(17,18)59-50(23,24)49(54,21)22/h8H2,1-7,9-26H3/t51-/m1/s1. The Hall–Kier alpha value is -3.65. The average Bonchev–Trinajstić information content (AvgIpc) is 3.29. The molecular formula is C51H77N3O5. The van der Waals surface area contributed by atoms with E-state index in [0.717, 1.165) is 61.3 Å². The van der Waals surface area contributed by atoms with E-state index in [-0.39, 0.29) is 17.7 Å². The van der Waals surface area contributed by atoms with Crippen molar-refractivity contribution in [3.8, 4) is 5.75 Å². The summed E-state index contributed by atoms with van der Waals surface area (Å²) in [6.45, 7) is 54.4. The van der Waals surface area contributed by atoms with Gasteiger partial charge in [-0.3, -0.25) is 14.4 Å². The highest BCUT2D eigenvalue weighted by Gasteiger charge is 2.69. The summed E-state index contributed by atoms with van der Waals surface area (Å²) in [5.74, 6) is 0.335. The van der Waals surface area contributed by atoms with Crippen molar-refractivity contribution in [1.29, 1.82) is 0 Å². The Balaban J connectivity index is 1.72. The van der Waals surface area contributed by atoms with Crippen molar-refractivity contribution in [2.75, 3.05) is 7.05 Å². The lowest BCUT2D eigenvalue weighted by molar-refractivity contribution is -0.247. The van der Waals surface area contributed by atoms with Gasteiger partial charge in [-0.15, -0.1) is 0 Å². The molecule has 2 saturated heterocycles. The van der Waals surface area contributed by atoms with Gasteiger partial charge in [0.1, 0.15) is 22.5 Å². The molecule has 1 atom stereocenters. The first-order chi connectivity index (χ1) is 26.2. The first kappa shape index (κ1) is 46.4. The quantitative estimate of drug-likeness (QED) is 0.290. The zero-order chi connectivity index (χ0) is 45.9. The topological polar surface area (TPSA) is 79.4 Å². The minimum Gasteiger partial charge on any atom is -0.482 e. The van der Waals surface area contributed by atoms with Gasteiger partial charge in [0.25, 0.3) is 17.7 Å². The van der Waals surface area contributed by atoms with E-state index in [0.29, 0.717) is 11.3 Å². The molecule has 3 aliphatic rings. The van der Waals surface area contributed by atoms with Crippen molar-refractivity contribution in [1.82, 2.24) is 14.7 Å². The second-order valence-electron chi connectivity index (χ2n) is 22.5. The highest BCUT2D eigenvalue weighted by atomic mass is 16.5. The molecule has 3 amide bonds. The lowest BCUT2D eigenvalue weighted by Gasteiger charge is -2.63. The number of carbonyl (C=O) groups excluding carboxylic acids is 3. The van der Waals surface area contributed by atoms with Gasteiger partial charge in [0.2, 0.25) is 0 Å². The summed E-state index contributed by atoms with van der Waals surface area (Å²) < 4.78 is 13.9. The largest absolute Gasteiger partial charge is 0.482 e. The molecule has 0 unspecified atom stereocenters. The highest BCUT2D eigenvalue weighted by molar-refractivity contribution is 6.07. The molecule has 0 spiro atoms. The number of morpholine rings is 1. The van der Waals surface area contributed by atoms with Crippen LogP contribution in [0.2, 0.25) is 0 Å². The molecule has 5 rings (SSSR count). The molecule has 3 aliphatic heterocycles. The number of carbonyl (C=O) groups is 3. The van der Waals surface area contributed by atoms with Crippen LogP contribution in [0.1, 0.15) is 184 Å². The Bertz CT molecular complexity index is 2200. The first-order valence-corrected chi connectivity index (χ1v) is 21.5. The number of rotatable bonds is 6. The summed E-state index contributed by atoms with van der Waals surface area (Å²) >= 11 is 0. The van der Waals surface area contributed by atoms with E-state index in [1.165, 1.54) is 0 Å². The highest BCUT2D eigenvalue weighted by Crippen LogP contribution is 2.62. The fraction of sp³-hybridized carbons (Fsp3) is 0.667. The van der Waals surface area contributed by atoms with Crippen molar-refractivity contribution >= 4 is 17.7 Å². The summed E-state index contributed by atoms with van der Waals surface area (Å²) in [4.78, 5) is 50.0.